The van der Waals surface area contributed by atoms with E-state index in [-0.39, 0.29) is 5.91 Å². The predicted octanol–water partition coefficient (Wildman–Crippen LogP) is 2.49. The first-order chi connectivity index (χ1) is 9.62. The predicted molar refractivity (Wildman–Crippen MR) is 80.4 cm³/mol. The van der Waals surface area contributed by atoms with Crippen LogP contribution in [0.4, 0.5) is 10.9 Å². The van der Waals surface area contributed by atoms with Gasteiger partial charge in [0.1, 0.15) is 11.6 Å². The van der Waals surface area contributed by atoms with E-state index in [1.807, 2.05) is 13.8 Å². The minimum absolute atomic E-state index is 0.197. The van der Waals surface area contributed by atoms with Gasteiger partial charge in [-0.2, -0.15) is 4.37 Å². The number of pyridine rings is 1. The van der Waals surface area contributed by atoms with Crippen LogP contribution in [0.15, 0.2) is 12.1 Å². The molecule has 0 bridgehead atoms. The summed E-state index contributed by atoms with van der Waals surface area (Å²) in [6, 6.07) is 3.54. The van der Waals surface area contributed by atoms with E-state index in [0.717, 1.165) is 18.7 Å². The lowest BCUT2D eigenvalue weighted by Crippen LogP contribution is -2.13. The maximum Gasteiger partial charge on any atom is 0.257 e. The Hall–Kier alpha value is -2.02. The standard InChI is InChI=1S/C13H17N5OS/c1-4-10-6-9(7-11(16-10)14-5-2)12(19)17-13-15-8(3)18-20-13/h6-7H,4-5H2,1-3H3,(H,14,16)(H,15,17,18,19). The Morgan fingerprint density at radius 1 is 1.30 bits per heavy atom. The molecule has 7 heteroatoms. The summed E-state index contributed by atoms with van der Waals surface area (Å²) in [5, 5.41) is 6.39. The van der Waals surface area contributed by atoms with Crippen molar-refractivity contribution in [3.8, 4) is 0 Å². The summed E-state index contributed by atoms with van der Waals surface area (Å²) in [7, 11) is 0. The molecule has 0 saturated heterocycles. The molecule has 0 fully saturated rings. The molecule has 2 aromatic heterocycles. The van der Waals surface area contributed by atoms with Gasteiger partial charge in [0.05, 0.1) is 0 Å². The topological polar surface area (TPSA) is 79.8 Å². The van der Waals surface area contributed by atoms with Crippen LogP contribution in [0.1, 0.15) is 35.7 Å². The molecule has 0 aliphatic rings. The third-order valence-electron chi connectivity index (χ3n) is 2.61. The average molecular weight is 291 g/mol. The molecule has 0 saturated carbocycles. The first-order valence-corrected chi connectivity index (χ1v) is 7.26. The average Bonchev–Trinajstić information content (AvgIpc) is 2.84. The van der Waals surface area contributed by atoms with E-state index in [1.165, 1.54) is 11.5 Å². The van der Waals surface area contributed by atoms with E-state index in [4.69, 9.17) is 0 Å². The van der Waals surface area contributed by atoms with Crippen LogP contribution in [0.2, 0.25) is 0 Å². The van der Waals surface area contributed by atoms with E-state index >= 15 is 0 Å². The highest BCUT2D eigenvalue weighted by Gasteiger charge is 2.11. The van der Waals surface area contributed by atoms with Crippen molar-refractivity contribution in [3.05, 3.63) is 29.2 Å². The molecule has 0 aliphatic heterocycles. The minimum Gasteiger partial charge on any atom is -0.370 e. The second kappa shape index (κ2) is 6.42. The Balaban J connectivity index is 2.21. The van der Waals surface area contributed by atoms with E-state index in [9.17, 15) is 4.79 Å². The molecule has 2 heterocycles. The van der Waals surface area contributed by atoms with Gasteiger partial charge in [-0.3, -0.25) is 10.1 Å². The van der Waals surface area contributed by atoms with E-state index in [2.05, 4.69) is 25.0 Å². The fourth-order valence-electron chi connectivity index (χ4n) is 1.69. The number of hydrogen-bond donors (Lipinski definition) is 2. The van der Waals surface area contributed by atoms with E-state index in [1.54, 1.807) is 19.1 Å². The number of rotatable bonds is 5. The van der Waals surface area contributed by atoms with Gasteiger partial charge in [0.15, 0.2) is 0 Å². The van der Waals surface area contributed by atoms with Crippen molar-refractivity contribution in [3.63, 3.8) is 0 Å². The highest BCUT2D eigenvalue weighted by Crippen LogP contribution is 2.15. The van der Waals surface area contributed by atoms with Crippen molar-refractivity contribution >= 4 is 28.4 Å². The molecule has 2 aromatic rings. The lowest BCUT2D eigenvalue weighted by atomic mass is 10.2. The fraction of sp³-hybridized carbons (Fsp3) is 0.385. The number of aryl methyl sites for hydroxylation is 2. The minimum atomic E-state index is -0.197. The lowest BCUT2D eigenvalue weighted by Gasteiger charge is -2.08. The number of nitrogens with one attached hydrogen (secondary N) is 2. The number of carbonyl (C=O) groups excluding carboxylic acids is 1. The monoisotopic (exact) mass is 291 g/mol. The molecule has 0 atom stereocenters. The van der Waals surface area contributed by atoms with Gasteiger partial charge < -0.3 is 5.32 Å². The van der Waals surface area contributed by atoms with Crippen molar-refractivity contribution < 1.29 is 4.79 Å². The summed E-state index contributed by atoms with van der Waals surface area (Å²) < 4.78 is 4.04. The Labute approximate surface area is 121 Å². The zero-order chi connectivity index (χ0) is 14.5. The molecule has 6 nitrogen and oxygen atoms in total. The van der Waals surface area contributed by atoms with Crippen molar-refractivity contribution in [2.75, 3.05) is 17.2 Å². The van der Waals surface area contributed by atoms with Crippen molar-refractivity contribution in [2.24, 2.45) is 0 Å². The summed E-state index contributed by atoms with van der Waals surface area (Å²) in [6.45, 7) is 6.55. The maximum atomic E-state index is 12.2. The van der Waals surface area contributed by atoms with E-state index < -0.39 is 0 Å². The van der Waals surface area contributed by atoms with Crippen LogP contribution in [-0.4, -0.2) is 26.8 Å². The zero-order valence-electron chi connectivity index (χ0n) is 11.7. The number of nitrogens with zero attached hydrogens (tertiary/aromatic N) is 3. The normalized spacial score (nSPS) is 10.3. The van der Waals surface area contributed by atoms with Crippen LogP contribution < -0.4 is 10.6 Å². The van der Waals surface area contributed by atoms with Crippen LogP contribution in [0, 0.1) is 6.92 Å². The van der Waals surface area contributed by atoms with Crippen molar-refractivity contribution in [2.45, 2.75) is 27.2 Å². The number of hydrogen-bond acceptors (Lipinski definition) is 6. The van der Waals surface area contributed by atoms with Crippen LogP contribution in [0.25, 0.3) is 0 Å². The summed E-state index contributed by atoms with van der Waals surface area (Å²) >= 11 is 1.17. The molecule has 0 aromatic carbocycles. The highest BCUT2D eigenvalue weighted by atomic mass is 32.1. The first-order valence-electron chi connectivity index (χ1n) is 6.48. The molecule has 2 rings (SSSR count). The highest BCUT2D eigenvalue weighted by molar-refractivity contribution is 7.09. The molecule has 106 valence electrons. The van der Waals surface area contributed by atoms with Crippen LogP contribution >= 0.6 is 11.5 Å². The maximum absolute atomic E-state index is 12.2. The number of aromatic nitrogens is 3. The van der Waals surface area contributed by atoms with Gasteiger partial charge in [-0.05, 0) is 32.4 Å². The molecular formula is C13H17N5OS. The number of anilines is 2. The Kier molecular flexibility index (Phi) is 4.62. The quantitative estimate of drug-likeness (QED) is 0.884. The summed E-state index contributed by atoms with van der Waals surface area (Å²) in [6.07, 6.45) is 0.775. The molecule has 20 heavy (non-hydrogen) atoms. The van der Waals surface area contributed by atoms with Crippen LogP contribution in [-0.2, 0) is 6.42 Å². The van der Waals surface area contributed by atoms with Gasteiger partial charge >= 0.3 is 0 Å². The third kappa shape index (κ3) is 3.51. The van der Waals surface area contributed by atoms with Gasteiger partial charge in [0, 0.05) is 29.3 Å². The molecule has 0 spiro atoms. The Morgan fingerprint density at radius 2 is 2.10 bits per heavy atom. The number of carbonyl (C=O) groups is 1. The zero-order valence-corrected chi connectivity index (χ0v) is 12.5. The fourth-order valence-corrected chi connectivity index (χ4v) is 2.26. The lowest BCUT2D eigenvalue weighted by molar-refractivity contribution is 0.102. The van der Waals surface area contributed by atoms with E-state index in [0.29, 0.717) is 22.3 Å². The van der Waals surface area contributed by atoms with Gasteiger partial charge in [-0.1, -0.05) is 6.92 Å². The van der Waals surface area contributed by atoms with Crippen LogP contribution in [0.5, 0.6) is 0 Å². The second-order valence-corrected chi connectivity index (χ2v) is 4.97. The van der Waals surface area contributed by atoms with Crippen LogP contribution in [0.3, 0.4) is 0 Å². The Morgan fingerprint density at radius 3 is 2.70 bits per heavy atom. The molecule has 0 unspecified atom stereocenters. The van der Waals surface area contributed by atoms with Crippen molar-refractivity contribution in [1.82, 2.24) is 14.3 Å². The summed E-state index contributed by atoms with van der Waals surface area (Å²) in [4.78, 5) is 20.8. The molecule has 1 amide bonds. The van der Waals surface area contributed by atoms with Crippen molar-refractivity contribution in [1.29, 1.82) is 0 Å². The van der Waals surface area contributed by atoms with Gasteiger partial charge in [-0.25, -0.2) is 9.97 Å². The first kappa shape index (κ1) is 14.4. The SMILES string of the molecule is CCNc1cc(C(=O)Nc2nc(C)ns2)cc(CC)n1. The van der Waals surface area contributed by atoms with Gasteiger partial charge in [0.2, 0.25) is 5.13 Å². The molecule has 0 radical (unpaired) electrons. The van der Waals surface area contributed by atoms with Gasteiger partial charge in [0.25, 0.3) is 5.91 Å². The molecule has 0 aliphatic carbocycles. The Bertz CT molecular complexity index is 611. The third-order valence-corrected chi connectivity index (χ3v) is 3.33. The summed E-state index contributed by atoms with van der Waals surface area (Å²) in [5.41, 5.74) is 1.45. The smallest absolute Gasteiger partial charge is 0.257 e. The molecule has 2 N–H and O–H groups in total. The van der Waals surface area contributed by atoms with Gasteiger partial charge in [-0.15, -0.1) is 0 Å². The second-order valence-electron chi connectivity index (χ2n) is 4.22. The number of amides is 1. The molecular weight excluding hydrogens is 274 g/mol. The largest absolute Gasteiger partial charge is 0.370 e. The summed E-state index contributed by atoms with van der Waals surface area (Å²) in [5.74, 6) is 1.17.